The molecule has 5 rings (SSSR count). The van der Waals surface area contributed by atoms with Crippen LogP contribution in [0.4, 0.5) is 11.5 Å². The van der Waals surface area contributed by atoms with Crippen LogP contribution in [0.1, 0.15) is 0 Å². The fraction of sp³-hybridized carbons (Fsp3) is 0.0952. The molecule has 3 nitrogen and oxygen atoms in total. The van der Waals surface area contributed by atoms with Gasteiger partial charge in [-0.15, -0.1) is 0 Å². The summed E-state index contributed by atoms with van der Waals surface area (Å²) in [7, 11) is 0. The molecule has 0 spiro atoms. The molecule has 0 unspecified atom stereocenters. The summed E-state index contributed by atoms with van der Waals surface area (Å²) in [5.74, 6) is 1.53. The van der Waals surface area contributed by atoms with Crippen molar-refractivity contribution in [3.63, 3.8) is 0 Å². The van der Waals surface area contributed by atoms with E-state index in [9.17, 15) is 5.11 Å². The van der Waals surface area contributed by atoms with Gasteiger partial charge in [0.05, 0.1) is 5.39 Å². The van der Waals surface area contributed by atoms with Gasteiger partial charge in [-0.05, 0) is 36.4 Å². The van der Waals surface area contributed by atoms with Gasteiger partial charge in [-0.2, -0.15) is 0 Å². The summed E-state index contributed by atoms with van der Waals surface area (Å²) in [5.41, 5.74) is 2.38. The van der Waals surface area contributed by atoms with Crippen LogP contribution in [0.2, 0.25) is 0 Å². The van der Waals surface area contributed by atoms with Gasteiger partial charge >= 0.3 is 0 Å². The molecule has 3 aromatic carbocycles. The standard InChI is InChI=1S/C21H16N2O/c24-16-11-9-15(10-12-16)22-13-14-23-20-8-4-3-6-18(20)17-5-1-2-7-19(17)21(22)23/h1-12H,13-14H2/p+1. The van der Waals surface area contributed by atoms with Crippen molar-refractivity contribution in [2.24, 2.45) is 0 Å². The normalized spacial score (nSPS) is 13.6. The number of rotatable bonds is 1. The van der Waals surface area contributed by atoms with Gasteiger partial charge in [-0.1, -0.05) is 36.4 Å². The Balaban J connectivity index is 1.86. The lowest BCUT2D eigenvalue weighted by Gasteiger charge is -2.13. The van der Waals surface area contributed by atoms with Crippen molar-refractivity contribution in [2.45, 2.75) is 6.54 Å². The van der Waals surface area contributed by atoms with Gasteiger partial charge in [0.1, 0.15) is 30.0 Å². The van der Waals surface area contributed by atoms with E-state index in [4.69, 9.17) is 0 Å². The lowest BCUT2D eigenvalue weighted by atomic mass is 10.1. The number of aromatic nitrogens is 1. The fourth-order valence-corrected chi connectivity index (χ4v) is 3.82. The number of phenolic OH excluding ortho intramolecular Hbond substituents is 1. The van der Waals surface area contributed by atoms with E-state index in [0.29, 0.717) is 5.75 Å². The van der Waals surface area contributed by atoms with Crippen LogP contribution >= 0.6 is 0 Å². The van der Waals surface area contributed by atoms with Crippen LogP contribution in [0.25, 0.3) is 21.7 Å². The molecule has 0 fully saturated rings. The summed E-state index contributed by atoms with van der Waals surface area (Å²) < 4.78 is 2.41. The molecule has 0 radical (unpaired) electrons. The SMILES string of the molecule is Oc1ccc(N2CC[n+]3c2c2ccccc2c2ccccc23)cc1. The first-order valence-electron chi connectivity index (χ1n) is 8.23. The summed E-state index contributed by atoms with van der Waals surface area (Å²) in [6.07, 6.45) is 0. The molecule has 1 N–H and O–H groups in total. The third-order valence-electron chi connectivity index (χ3n) is 4.87. The van der Waals surface area contributed by atoms with E-state index in [0.717, 1.165) is 18.8 Å². The second-order valence-corrected chi connectivity index (χ2v) is 6.21. The lowest BCUT2D eigenvalue weighted by molar-refractivity contribution is -0.643. The first-order valence-corrected chi connectivity index (χ1v) is 8.23. The zero-order chi connectivity index (χ0) is 16.1. The lowest BCUT2D eigenvalue weighted by Crippen LogP contribution is -2.32. The Morgan fingerprint density at radius 2 is 1.42 bits per heavy atom. The number of benzene rings is 3. The number of aromatic hydroxyl groups is 1. The Hall–Kier alpha value is -3.07. The molecule has 2 heterocycles. The van der Waals surface area contributed by atoms with Gasteiger partial charge < -0.3 is 5.11 Å². The highest BCUT2D eigenvalue weighted by Crippen LogP contribution is 2.36. The maximum Gasteiger partial charge on any atom is 0.290 e. The van der Waals surface area contributed by atoms with Gasteiger partial charge in [0, 0.05) is 10.8 Å². The molecule has 1 aliphatic heterocycles. The second-order valence-electron chi connectivity index (χ2n) is 6.21. The number of phenols is 1. The molecule has 0 atom stereocenters. The molecule has 0 bridgehead atoms. The molecule has 116 valence electrons. The van der Waals surface area contributed by atoms with Crippen molar-refractivity contribution >= 4 is 33.2 Å². The summed E-state index contributed by atoms with van der Waals surface area (Å²) in [5, 5.41) is 13.4. The average molecular weight is 313 g/mol. The minimum Gasteiger partial charge on any atom is -0.508 e. The number of para-hydroxylation sites is 1. The predicted molar refractivity (Wildman–Crippen MR) is 96.8 cm³/mol. The van der Waals surface area contributed by atoms with Gasteiger partial charge in [0.2, 0.25) is 0 Å². The molecule has 1 aromatic heterocycles. The van der Waals surface area contributed by atoms with E-state index in [2.05, 4.69) is 58.0 Å². The molecule has 0 aliphatic carbocycles. The highest BCUT2D eigenvalue weighted by Gasteiger charge is 2.33. The molecule has 24 heavy (non-hydrogen) atoms. The van der Waals surface area contributed by atoms with Crippen molar-refractivity contribution in [3.05, 3.63) is 72.8 Å². The average Bonchev–Trinajstić information content (AvgIpc) is 3.08. The predicted octanol–water partition coefficient (Wildman–Crippen LogP) is 4.14. The number of anilines is 2. The van der Waals surface area contributed by atoms with Gasteiger partial charge in [-0.25, -0.2) is 9.47 Å². The number of fused-ring (bicyclic) bond motifs is 6. The zero-order valence-corrected chi connectivity index (χ0v) is 13.2. The molecule has 0 amide bonds. The minimum atomic E-state index is 0.300. The zero-order valence-electron chi connectivity index (χ0n) is 13.2. The first-order chi connectivity index (χ1) is 11.8. The first kappa shape index (κ1) is 13.4. The van der Waals surface area contributed by atoms with E-state index < -0.39 is 0 Å². The van der Waals surface area contributed by atoms with E-state index in [1.165, 1.54) is 27.5 Å². The topological polar surface area (TPSA) is 27.3 Å². The highest BCUT2D eigenvalue weighted by molar-refractivity contribution is 6.08. The van der Waals surface area contributed by atoms with E-state index in [1.807, 2.05) is 12.1 Å². The molecular weight excluding hydrogens is 296 g/mol. The van der Waals surface area contributed by atoms with Crippen LogP contribution in [0, 0.1) is 0 Å². The Morgan fingerprint density at radius 3 is 2.21 bits per heavy atom. The van der Waals surface area contributed by atoms with Crippen LogP contribution in [-0.4, -0.2) is 11.7 Å². The largest absolute Gasteiger partial charge is 0.508 e. The van der Waals surface area contributed by atoms with Crippen LogP contribution in [0.15, 0.2) is 72.8 Å². The number of nitrogens with zero attached hydrogens (tertiary/aromatic N) is 2. The van der Waals surface area contributed by atoms with Crippen LogP contribution in [0.5, 0.6) is 5.75 Å². The second kappa shape index (κ2) is 4.96. The van der Waals surface area contributed by atoms with Crippen molar-refractivity contribution < 1.29 is 9.67 Å². The maximum absolute atomic E-state index is 9.58. The Bertz CT molecular complexity index is 1070. The monoisotopic (exact) mass is 313 g/mol. The molecule has 4 aromatic rings. The van der Waals surface area contributed by atoms with Crippen molar-refractivity contribution in [1.82, 2.24) is 0 Å². The fourth-order valence-electron chi connectivity index (χ4n) is 3.82. The summed E-state index contributed by atoms with van der Waals surface area (Å²) in [6, 6.07) is 24.7. The summed E-state index contributed by atoms with van der Waals surface area (Å²) >= 11 is 0. The third-order valence-corrected chi connectivity index (χ3v) is 4.87. The number of hydrogen-bond acceptors (Lipinski definition) is 2. The van der Waals surface area contributed by atoms with Crippen LogP contribution < -0.4 is 9.47 Å². The molecule has 0 saturated heterocycles. The molecular formula is C21H17N2O+. The Kier molecular flexibility index (Phi) is 2.77. The van der Waals surface area contributed by atoms with Crippen molar-refractivity contribution in [3.8, 4) is 5.75 Å². The van der Waals surface area contributed by atoms with Crippen LogP contribution in [-0.2, 0) is 6.54 Å². The van der Waals surface area contributed by atoms with E-state index in [-0.39, 0.29) is 0 Å². The third kappa shape index (κ3) is 1.81. The van der Waals surface area contributed by atoms with E-state index >= 15 is 0 Å². The number of pyridine rings is 1. The highest BCUT2D eigenvalue weighted by atomic mass is 16.3. The smallest absolute Gasteiger partial charge is 0.290 e. The van der Waals surface area contributed by atoms with Gasteiger partial charge in [0.25, 0.3) is 5.82 Å². The summed E-state index contributed by atoms with van der Waals surface area (Å²) in [6.45, 7) is 1.89. The maximum atomic E-state index is 9.58. The Morgan fingerprint density at radius 1 is 0.750 bits per heavy atom. The van der Waals surface area contributed by atoms with Crippen LogP contribution in [0.3, 0.4) is 0 Å². The summed E-state index contributed by atoms with van der Waals surface area (Å²) in [4.78, 5) is 2.34. The van der Waals surface area contributed by atoms with Crippen molar-refractivity contribution in [2.75, 3.05) is 11.4 Å². The molecule has 0 saturated carbocycles. The van der Waals surface area contributed by atoms with Crippen molar-refractivity contribution in [1.29, 1.82) is 0 Å². The van der Waals surface area contributed by atoms with E-state index in [1.54, 1.807) is 12.1 Å². The molecule has 1 aliphatic rings. The molecule has 3 heteroatoms. The van der Waals surface area contributed by atoms with Gasteiger partial charge in [0.15, 0.2) is 0 Å². The van der Waals surface area contributed by atoms with Gasteiger partial charge in [-0.3, -0.25) is 0 Å². The Labute approximate surface area is 140 Å². The number of hydrogen-bond donors (Lipinski definition) is 1. The minimum absolute atomic E-state index is 0.300. The quantitative estimate of drug-likeness (QED) is 0.422.